The molecule has 0 saturated heterocycles. The molecule has 1 rings (SSSR count). The third-order valence-corrected chi connectivity index (χ3v) is 2.18. The molecule has 1 aromatic rings. The highest BCUT2D eigenvalue weighted by atomic mass is 19.1. The van der Waals surface area contributed by atoms with Gasteiger partial charge >= 0.3 is 0 Å². The number of rotatable bonds is 7. The number of benzene rings is 1. The zero-order valence-corrected chi connectivity index (χ0v) is 9.75. The van der Waals surface area contributed by atoms with Crippen LogP contribution in [0.15, 0.2) is 18.2 Å². The second-order valence-corrected chi connectivity index (χ2v) is 3.49. The van der Waals surface area contributed by atoms with Crippen LogP contribution in [-0.4, -0.2) is 33.5 Å². The quantitative estimate of drug-likeness (QED) is 0.724. The summed E-state index contributed by atoms with van der Waals surface area (Å²) in [6.45, 7) is 4.39. The average molecular weight is 227 g/mol. The van der Waals surface area contributed by atoms with E-state index in [1.54, 1.807) is 13.2 Å². The summed E-state index contributed by atoms with van der Waals surface area (Å²) in [7, 11) is 1.64. The van der Waals surface area contributed by atoms with Crippen molar-refractivity contribution in [3.05, 3.63) is 29.6 Å². The summed E-state index contributed by atoms with van der Waals surface area (Å²) in [5, 5.41) is 3.18. The van der Waals surface area contributed by atoms with Crippen molar-refractivity contribution in [3.8, 4) is 0 Å². The fourth-order valence-electron chi connectivity index (χ4n) is 1.33. The largest absolute Gasteiger partial charge is 0.383 e. The summed E-state index contributed by atoms with van der Waals surface area (Å²) >= 11 is 0. The van der Waals surface area contributed by atoms with E-state index in [4.69, 9.17) is 9.47 Å². The highest BCUT2D eigenvalue weighted by Crippen LogP contribution is 2.14. The summed E-state index contributed by atoms with van der Waals surface area (Å²) in [4.78, 5) is 0. The van der Waals surface area contributed by atoms with Gasteiger partial charge in [0.15, 0.2) is 0 Å². The van der Waals surface area contributed by atoms with Gasteiger partial charge in [0.25, 0.3) is 0 Å². The van der Waals surface area contributed by atoms with E-state index >= 15 is 0 Å². The van der Waals surface area contributed by atoms with Crippen molar-refractivity contribution in [2.75, 3.05) is 38.8 Å². The monoisotopic (exact) mass is 227 g/mol. The molecule has 0 fully saturated rings. The third kappa shape index (κ3) is 4.59. The lowest BCUT2D eigenvalue weighted by molar-refractivity contribution is 0.0759. The summed E-state index contributed by atoms with van der Waals surface area (Å²) in [6.07, 6.45) is 0. The van der Waals surface area contributed by atoms with Gasteiger partial charge in [0.2, 0.25) is 0 Å². The van der Waals surface area contributed by atoms with Crippen LogP contribution in [0.1, 0.15) is 5.56 Å². The minimum Gasteiger partial charge on any atom is -0.383 e. The van der Waals surface area contributed by atoms with Crippen LogP contribution in [0.25, 0.3) is 0 Å². The van der Waals surface area contributed by atoms with Crippen molar-refractivity contribution < 1.29 is 13.9 Å². The van der Waals surface area contributed by atoms with Gasteiger partial charge in [0.1, 0.15) is 5.82 Å². The lowest BCUT2D eigenvalue weighted by Gasteiger charge is -2.09. The van der Waals surface area contributed by atoms with Gasteiger partial charge in [-0.2, -0.15) is 0 Å². The molecular weight excluding hydrogens is 209 g/mol. The van der Waals surface area contributed by atoms with E-state index < -0.39 is 0 Å². The highest BCUT2D eigenvalue weighted by molar-refractivity contribution is 5.50. The van der Waals surface area contributed by atoms with Crippen molar-refractivity contribution in [1.29, 1.82) is 0 Å². The molecule has 0 bridgehead atoms. The molecule has 0 aromatic heterocycles. The van der Waals surface area contributed by atoms with E-state index in [1.807, 2.05) is 6.92 Å². The number of aryl methyl sites for hydroxylation is 1. The Hall–Kier alpha value is -1.13. The molecule has 16 heavy (non-hydrogen) atoms. The molecule has 0 saturated carbocycles. The Bertz CT molecular complexity index is 318. The molecule has 0 radical (unpaired) electrons. The Morgan fingerprint density at radius 3 is 2.75 bits per heavy atom. The average Bonchev–Trinajstić information content (AvgIpc) is 2.26. The van der Waals surface area contributed by atoms with Crippen LogP contribution in [0.3, 0.4) is 0 Å². The van der Waals surface area contributed by atoms with Crippen molar-refractivity contribution in [2.45, 2.75) is 6.92 Å². The topological polar surface area (TPSA) is 30.5 Å². The third-order valence-electron chi connectivity index (χ3n) is 2.18. The number of ether oxygens (including phenoxy) is 2. The van der Waals surface area contributed by atoms with Gasteiger partial charge in [-0.15, -0.1) is 0 Å². The molecule has 3 nitrogen and oxygen atoms in total. The normalized spacial score (nSPS) is 10.4. The maximum atomic E-state index is 12.8. The van der Waals surface area contributed by atoms with E-state index in [0.717, 1.165) is 11.3 Å². The van der Waals surface area contributed by atoms with Gasteiger partial charge in [-0.3, -0.25) is 0 Å². The minimum absolute atomic E-state index is 0.209. The Morgan fingerprint density at radius 2 is 2.06 bits per heavy atom. The SMILES string of the molecule is COCCOCCNc1ccc(F)cc1C. The predicted octanol–water partition coefficient (Wildman–Crippen LogP) is 2.21. The number of hydrogen-bond donors (Lipinski definition) is 1. The summed E-state index contributed by atoms with van der Waals surface area (Å²) < 4.78 is 23.0. The van der Waals surface area contributed by atoms with Crippen molar-refractivity contribution >= 4 is 5.69 Å². The summed E-state index contributed by atoms with van der Waals surface area (Å²) in [5.41, 5.74) is 1.84. The van der Waals surface area contributed by atoms with Gasteiger partial charge in [-0.1, -0.05) is 0 Å². The number of nitrogens with one attached hydrogen (secondary N) is 1. The minimum atomic E-state index is -0.209. The van der Waals surface area contributed by atoms with Gasteiger partial charge in [0, 0.05) is 19.3 Å². The van der Waals surface area contributed by atoms with Gasteiger partial charge in [-0.25, -0.2) is 4.39 Å². The molecule has 1 aromatic carbocycles. The predicted molar refractivity (Wildman–Crippen MR) is 62.3 cm³/mol. The molecule has 1 N–H and O–H groups in total. The number of anilines is 1. The molecule has 4 heteroatoms. The van der Waals surface area contributed by atoms with Crippen LogP contribution >= 0.6 is 0 Å². The second kappa shape index (κ2) is 7.19. The Balaban J connectivity index is 2.21. The van der Waals surface area contributed by atoms with Gasteiger partial charge < -0.3 is 14.8 Å². The van der Waals surface area contributed by atoms with E-state index in [2.05, 4.69) is 5.32 Å². The zero-order valence-electron chi connectivity index (χ0n) is 9.75. The van der Waals surface area contributed by atoms with Crippen LogP contribution in [0.5, 0.6) is 0 Å². The molecule has 0 aliphatic rings. The number of halogens is 1. The molecule has 0 aliphatic carbocycles. The van der Waals surface area contributed by atoms with Crippen molar-refractivity contribution in [3.63, 3.8) is 0 Å². The summed E-state index contributed by atoms with van der Waals surface area (Å²) in [5.74, 6) is -0.209. The number of methoxy groups -OCH3 is 1. The van der Waals surface area contributed by atoms with E-state index in [0.29, 0.717) is 26.4 Å². The van der Waals surface area contributed by atoms with Crippen LogP contribution in [0, 0.1) is 12.7 Å². The first-order valence-corrected chi connectivity index (χ1v) is 5.30. The molecule has 0 heterocycles. The Kier molecular flexibility index (Phi) is 5.82. The van der Waals surface area contributed by atoms with Crippen molar-refractivity contribution in [2.24, 2.45) is 0 Å². The first-order valence-electron chi connectivity index (χ1n) is 5.30. The van der Waals surface area contributed by atoms with Crippen LogP contribution < -0.4 is 5.32 Å². The van der Waals surface area contributed by atoms with Gasteiger partial charge in [0.05, 0.1) is 19.8 Å². The smallest absolute Gasteiger partial charge is 0.123 e. The Morgan fingerprint density at radius 1 is 1.25 bits per heavy atom. The first-order chi connectivity index (χ1) is 7.74. The maximum Gasteiger partial charge on any atom is 0.123 e. The van der Waals surface area contributed by atoms with Crippen molar-refractivity contribution in [1.82, 2.24) is 0 Å². The van der Waals surface area contributed by atoms with E-state index in [1.165, 1.54) is 12.1 Å². The standard InChI is InChI=1S/C12H18FNO2/c1-10-9-11(13)3-4-12(10)14-5-6-16-8-7-15-2/h3-4,9,14H,5-8H2,1-2H3. The molecule has 90 valence electrons. The van der Waals surface area contributed by atoms with Gasteiger partial charge in [-0.05, 0) is 30.7 Å². The maximum absolute atomic E-state index is 12.8. The molecular formula is C12H18FNO2. The van der Waals surface area contributed by atoms with Crippen LogP contribution in [-0.2, 0) is 9.47 Å². The lowest BCUT2D eigenvalue weighted by Crippen LogP contribution is -2.12. The second-order valence-electron chi connectivity index (χ2n) is 3.49. The van der Waals surface area contributed by atoms with E-state index in [9.17, 15) is 4.39 Å². The Labute approximate surface area is 95.6 Å². The van der Waals surface area contributed by atoms with E-state index in [-0.39, 0.29) is 5.82 Å². The highest BCUT2D eigenvalue weighted by Gasteiger charge is 1.98. The molecule has 0 atom stereocenters. The van der Waals surface area contributed by atoms with Crippen LogP contribution in [0.2, 0.25) is 0 Å². The molecule has 0 spiro atoms. The molecule has 0 amide bonds. The summed E-state index contributed by atoms with van der Waals surface area (Å²) in [6, 6.07) is 4.69. The molecule has 0 aliphatic heterocycles. The number of hydrogen-bond acceptors (Lipinski definition) is 3. The first kappa shape index (κ1) is 12.9. The fraction of sp³-hybridized carbons (Fsp3) is 0.500. The lowest BCUT2D eigenvalue weighted by atomic mass is 10.2. The fourth-order valence-corrected chi connectivity index (χ4v) is 1.33. The molecule has 0 unspecified atom stereocenters. The van der Waals surface area contributed by atoms with Crippen LogP contribution in [0.4, 0.5) is 10.1 Å². The zero-order chi connectivity index (χ0) is 11.8.